The van der Waals surface area contributed by atoms with Crippen molar-refractivity contribution in [2.45, 2.75) is 25.0 Å². The molecule has 0 heterocycles. The van der Waals surface area contributed by atoms with Crippen molar-refractivity contribution in [2.24, 2.45) is 0 Å². The van der Waals surface area contributed by atoms with Crippen LogP contribution in [0.1, 0.15) is 29.2 Å². The van der Waals surface area contributed by atoms with E-state index in [0.717, 1.165) is 23.1 Å². The molecule has 2 rings (SSSR count). The predicted octanol–water partition coefficient (Wildman–Crippen LogP) is 1.26. The molecule has 3 N–H and O–H groups in total. The predicted molar refractivity (Wildman–Crippen MR) is 68.7 cm³/mol. The number of nitrogens with one attached hydrogen (secondary N) is 1. The Morgan fingerprint density at radius 2 is 2.18 bits per heavy atom. The Morgan fingerprint density at radius 1 is 1.35 bits per heavy atom. The molecule has 1 aromatic rings. The van der Waals surface area contributed by atoms with E-state index in [1.54, 1.807) is 0 Å². The third-order valence-electron chi connectivity index (χ3n) is 3.24. The Labute approximate surface area is 102 Å². The molecule has 0 spiro atoms. The Hall–Kier alpha value is -1.16. The maximum absolute atomic E-state index is 10.2. The highest BCUT2D eigenvalue weighted by Gasteiger charge is 2.22. The highest BCUT2D eigenvalue weighted by molar-refractivity contribution is 5.62. The molecule has 3 heteroatoms. The van der Waals surface area contributed by atoms with E-state index in [1.165, 1.54) is 0 Å². The van der Waals surface area contributed by atoms with Gasteiger partial charge in [0.25, 0.3) is 0 Å². The third-order valence-corrected chi connectivity index (χ3v) is 3.24. The highest BCUT2D eigenvalue weighted by Crippen LogP contribution is 2.29. The number of hydrogen-bond donors (Lipinski definition) is 3. The summed E-state index contributed by atoms with van der Waals surface area (Å²) in [6, 6.07) is 5.87. The minimum atomic E-state index is -0.793. The van der Waals surface area contributed by atoms with Gasteiger partial charge in [-0.05, 0) is 43.1 Å². The van der Waals surface area contributed by atoms with Gasteiger partial charge in [-0.1, -0.05) is 30.4 Å². The van der Waals surface area contributed by atoms with E-state index >= 15 is 0 Å². The normalized spacial score (nSPS) is 16.9. The van der Waals surface area contributed by atoms with Crippen LogP contribution in [0.25, 0.3) is 6.08 Å². The van der Waals surface area contributed by atoms with Crippen molar-refractivity contribution < 1.29 is 10.2 Å². The lowest BCUT2D eigenvalue weighted by atomic mass is 9.94. The second-order valence-corrected chi connectivity index (χ2v) is 4.43. The van der Waals surface area contributed by atoms with Gasteiger partial charge in [-0.15, -0.1) is 0 Å². The standard InChI is InChI=1S/C14H19NO2/c1-15-9-8-13(16)14(17)12-7-3-5-10-4-2-6-11(10)12/h2-5,7,13-17H,6,8-9H2,1H3. The number of hydrogen-bond acceptors (Lipinski definition) is 3. The molecule has 0 radical (unpaired) electrons. The fourth-order valence-electron chi connectivity index (χ4n) is 2.25. The SMILES string of the molecule is CNCCC(O)C(O)c1cccc2c1CC=C2. The summed E-state index contributed by atoms with van der Waals surface area (Å²) >= 11 is 0. The largest absolute Gasteiger partial charge is 0.390 e. The van der Waals surface area contributed by atoms with Crippen LogP contribution in [-0.2, 0) is 6.42 Å². The van der Waals surface area contributed by atoms with Gasteiger partial charge in [0.1, 0.15) is 6.10 Å². The smallest absolute Gasteiger partial charge is 0.105 e. The van der Waals surface area contributed by atoms with Gasteiger partial charge in [0.2, 0.25) is 0 Å². The topological polar surface area (TPSA) is 52.5 Å². The Kier molecular flexibility index (Phi) is 3.94. The van der Waals surface area contributed by atoms with E-state index < -0.39 is 12.2 Å². The molecular formula is C14H19NO2. The van der Waals surface area contributed by atoms with Gasteiger partial charge < -0.3 is 15.5 Å². The summed E-state index contributed by atoms with van der Waals surface area (Å²) < 4.78 is 0. The first kappa shape index (κ1) is 12.3. The Morgan fingerprint density at radius 3 is 2.94 bits per heavy atom. The minimum Gasteiger partial charge on any atom is -0.390 e. The minimum absolute atomic E-state index is 0.550. The number of benzene rings is 1. The van der Waals surface area contributed by atoms with E-state index in [2.05, 4.69) is 17.5 Å². The number of fused-ring (bicyclic) bond motifs is 1. The second kappa shape index (κ2) is 5.45. The molecule has 2 atom stereocenters. The zero-order valence-electron chi connectivity index (χ0n) is 10.1. The summed E-state index contributed by atoms with van der Waals surface area (Å²) in [5.74, 6) is 0. The molecule has 1 aliphatic rings. The van der Waals surface area contributed by atoms with Gasteiger partial charge in [-0.3, -0.25) is 0 Å². The molecule has 92 valence electrons. The van der Waals surface area contributed by atoms with Crippen LogP contribution in [0, 0.1) is 0 Å². The first-order chi connectivity index (χ1) is 8.24. The Bertz CT molecular complexity index is 415. The first-order valence-corrected chi connectivity index (χ1v) is 6.03. The van der Waals surface area contributed by atoms with Gasteiger partial charge in [0, 0.05) is 0 Å². The van der Waals surface area contributed by atoms with Crippen molar-refractivity contribution in [2.75, 3.05) is 13.6 Å². The summed E-state index contributed by atoms with van der Waals surface area (Å²) in [7, 11) is 1.84. The van der Waals surface area contributed by atoms with Crippen LogP contribution >= 0.6 is 0 Å². The molecule has 2 unspecified atom stereocenters. The van der Waals surface area contributed by atoms with E-state index in [9.17, 15) is 10.2 Å². The van der Waals surface area contributed by atoms with Crippen LogP contribution in [0.5, 0.6) is 0 Å². The lowest BCUT2D eigenvalue weighted by Gasteiger charge is -2.20. The molecule has 0 fully saturated rings. The summed E-state index contributed by atoms with van der Waals surface area (Å²) in [5, 5.41) is 23.1. The maximum Gasteiger partial charge on any atom is 0.105 e. The zero-order valence-corrected chi connectivity index (χ0v) is 10.1. The van der Waals surface area contributed by atoms with E-state index in [4.69, 9.17) is 0 Å². The van der Waals surface area contributed by atoms with E-state index in [-0.39, 0.29) is 0 Å². The molecule has 1 aromatic carbocycles. The maximum atomic E-state index is 10.2. The molecule has 0 saturated carbocycles. The zero-order chi connectivity index (χ0) is 12.3. The van der Waals surface area contributed by atoms with Crippen LogP contribution < -0.4 is 5.32 Å². The molecular weight excluding hydrogens is 214 g/mol. The van der Waals surface area contributed by atoms with Gasteiger partial charge in [-0.25, -0.2) is 0 Å². The van der Waals surface area contributed by atoms with Crippen LogP contribution in [0.3, 0.4) is 0 Å². The lowest BCUT2D eigenvalue weighted by Crippen LogP contribution is -2.24. The highest BCUT2D eigenvalue weighted by atomic mass is 16.3. The summed E-state index contributed by atoms with van der Waals surface area (Å²) in [4.78, 5) is 0. The van der Waals surface area contributed by atoms with Crippen molar-refractivity contribution in [1.82, 2.24) is 5.32 Å². The molecule has 0 aromatic heterocycles. The molecule has 0 bridgehead atoms. The van der Waals surface area contributed by atoms with Gasteiger partial charge in [0.15, 0.2) is 0 Å². The van der Waals surface area contributed by atoms with Crippen LogP contribution in [-0.4, -0.2) is 29.9 Å². The molecule has 17 heavy (non-hydrogen) atoms. The summed E-state index contributed by atoms with van der Waals surface area (Å²) in [6.45, 7) is 0.700. The number of rotatable bonds is 5. The van der Waals surface area contributed by atoms with Gasteiger partial charge in [-0.2, -0.15) is 0 Å². The van der Waals surface area contributed by atoms with Crippen molar-refractivity contribution in [3.63, 3.8) is 0 Å². The second-order valence-electron chi connectivity index (χ2n) is 4.43. The fraction of sp³-hybridized carbons (Fsp3) is 0.429. The number of allylic oxidation sites excluding steroid dienone is 1. The number of aliphatic hydroxyl groups excluding tert-OH is 2. The van der Waals surface area contributed by atoms with Crippen molar-refractivity contribution in [3.05, 3.63) is 41.0 Å². The fourth-order valence-corrected chi connectivity index (χ4v) is 2.25. The third kappa shape index (κ3) is 2.57. The summed E-state index contributed by atoms with van der Waals surface area (Å²) in [5.41, 5.74) is 3.15. The van der Waals surface area contributed by atoms with Crippen LogP contribution in [0.4, 0.5) is 0 Å². The average Bonchev–Trinajstić information content (AvgIpc) is 2.82. The average molecular weight is 233 g/mol. The summed E-state index contributed by atoms with van der Waals surface area (Å²) in [6.07, 6.45) is 4.04. The quantitative estimate of drug-likeness (QED) is 0.717. The molecule has 1 aliphatic carbocycles. The molecule has 0 aliphatic heterocycles. The van der Waals surface area contributed by atoms with E-state index in [1.807, 2.05) is 25.2 Å². The first-order valence-electron chi connectivity index (χ1n) is 6.03. The monoisotopic (exact) mass is 233 g/mol. The molecule has 0 saturated heterocycles. The van der Waals surface area contributed by atoms with Crippen LogP contribution in [0.15, 0.2) is 24.3 Å². The van der Waals surface area contributed by atoms with Crippen molar-refractivity contribution in [1.29, 1.82) is 0 Å². The van der Waals surface area contributed by atoms with Gasteiger partial charge >= 0.3 is 0 Å². The van der Waals surface area contributed by atoms with Gasteiger partial charge in [0.05, 0.1) is 6.10 Å². The molecule has 0 amide bonds. The Balaban J connectivity index is 2.15. The number of aliphatic hydroxyl groups is 2. The van der Waals surface area contributed by atoms with Crippen LogP contribution in [0.2, 0.25) is 0 Å². The lowest BCUT2D eigenvalue weighted by molar-refractivity contribution is 0.0136. The van der Waals surface area contributed by atoms with E-state index in [0.29, 0.717) is 13.0 Å². The van der Waals surface area contributed by atoms with Crippen molar-refractivity contribution >= 4 is 6.08 Å². The molecule has 3 nitrogen and oxygen atoms in total. The van der Waals surface area contributed by atoms with Crippen molar-refractivity contribution in [3.8, 4) is 0 Å².